The van der Waals surface area contributed by atoms with Crippen molar-refractivity contribution in [3.05, 3.63) is 28.9 Å². The minimum absolute atomic E-state index is 0.188. The number of benzene rings is 1. The number of ether oxygens (including phenoxy) is 1. The number of anilines is 1. The highest BCUT2D eigenvalue weighted by Crippen LogP contribution is 2.25. The van der Waals surface area contributed by atoms with Crippen molar-refractivity contribution < 1.29 is 9.53 Å². The topological polar surface area (TPSA) is 67.4 Å². The van der Waals surface area contributed by atoms with E-state index in [0.29, 0.717) is 12.3 Å². The molecule has 1 amide bonds. The molecule has 2 aliphatic rings. The van der Waals surface area contributed by atoms with Gasteiger partial charge >= 0.3 is 0 Å². The molecule has 1 aromatic heterocycles. The van der Waals surface area contributed by atoms with Crippen LogP contribution in [0.2, 0.25) is 0 Å². The molecule has 0 atom stereocenters. The number of halogens is 1. The third-order valence-corrected chi connectivity index (χ3v) is 5.98. The molecule has 27 heavy (non-hydrogen) atoms. The molecular formula is C20H25BrN4O2. The molecule has 0 radical (unpaired) electrons. The van der Waals surface area contributed by atoms with E-state index in [1.54, 1.807) is 0 Å². The highest BCUT2D eigenvalue weighted by molar-refractivity contribution is 9.10. The van der Waals surface area contributed by atoms with Crippen LogP contribution in [0.15, 0.2) is 28.9 Å². The molecule has 7 heteroatoms. The first-order valence-electron chi connectivity index (χ1n) is 9.72. The number of aromatic nitrogens is 2. The van der Waals surface area contributed by atoms with E-state index in [1.165, 1.54) is 0 Å². The van der Waals surface area contributed by atoms with E-state index < -0.39 is 0 Å². The lowest BCUT2D eigenvalue weighted by Crippen LogP contribution is -2.41. The lowest BCUT2D eigenvalue weighted by molar-refractivity contribution is -0.123. The summed E-state index contributed by atoms with van der Waals surface area (Å²) in [6.45, 7) is 3.31. The molecule has 0 bridgehead atoms. The van der Waals surface area contributed by atoms with Gasteiger partial charge in [0.2, 0.25) is 11.9 Å². The third-order valence-electron chi connectivity index (χ3n) is 5.49. The van der Waals surface area contributed by atoms with Crippen molar-refractivity contribution in [1.82, 2.24) is 15.3 Å². The molecule has 4 rings (SSSR count). The van der Waals surface area contributed by atoms with Crippen molar-refractivity contribution in [2.75, 3.05) is 31.2 Å². The summed E-state index contributed by atoms with van der Waals surface area (Å²) >= 11 is 3.48. The minimum Gasteiger partial charge on any atom is -0.381 e. The first kappa shape index (κ1) is 18.6. The van der Waals surface area contributed by atoms with Crippen LogP contribution < -0.4 is 10.2 Å². The van der Waals surface area contributed by atoms with Crippen LogP contribution in [0.25, 0.3) is 10.9 Å². The molecule has 144 valence electrons. The van der Waals surface area contributed by atoms with Crippen molar-refractivity contribution in [1.29, 1.82) is 0 Å². The summed E-state index contributed by atoms with van der Waals surface area (Å²) in [6, 6.07) is 6.33. The summed E-state index contributed by atoms with van der Waals surface area (Å²) in [5.74, 6) is 1.42. The van der Waals surface area contributed by atoms with Crippen LogP contribution in [0, 0.1) is 5.92 Å². The van der Waals surface area contributed by atoms with Crippen molar-refractivity contribution in [2.45, 2.75) is 38.1 Å². The van der Waals surface area contributed by atoms with Crippen LogP contribution in [0.5, 0.6) is 0 Å². The van der Waals surface area contributed by atoms with Crippen molar-refractivity contribution in [3.63, 3.8) is 0 Å². The van der Waals surface area contributed by atoms with Gasteiger partial charge in [-0.25, -0.2) is 9.97 Å². The Kier molecular flexibility index (Phi) is 5.88. The van der Waals surface area contributed by atoms with Gasteiger partial charge in [-0.15, -0.1) is 0 Å². The lowest BCUT2D eigenvalue weighted by atomic mass is 9.93. The first-order chi connectivity index (χ1) is 13.2. The van der Waals surface area contributed by atoms with Gasteiger partial charge in [0.25, 0.3) is 0 Å². The second-order valence-electron chi connectivity index (χ2n) is 7.46. The Morgan fingerprint density at radius 2 is 2.00 bits per heavy atom. The summed E-state index contributed by atoms with van der Waals surface area (Å²) in [4.78, 5) is 23.8. The van der Waals surface area contributed by atoms with Crippen LogP contribution in [-0.4, -0.2) is 48.2 Å². The summed E-state index contributed by atoms with van der Waals surface area (Å²) in [7, 11) is 0. The highest BCUT2D eigenvalue weighted by atomic mass is 79.9. The number of hydrogen-bond acceptors (Lipinski definition) is 5. The molecule has 2 aromatic rings. The maximum absolute atomic E-state index is 12.3. The fourth-order valence-corrected chi connectivity index (χ4v) is 4.25. The van der Waals surface area contributed by atoms with Crippen LogP contribution in [0.4, 0.5) is 5.95 Å². The van der Waals surface area contributed by atoms with Gasteiger partial charge in [-0.3, -0.25) is 4.79 Å². The normalized spacial score (nSPS) is 19.4. The van der Waals surface area contributed by atoms with E-state index in [0.717, 1.165) is 73.3 Å². The predicted octanol–water partition coefficient (Wildman–Crippen LogP) is 3.29. The molecule has 6 nitrogen and oxygen atoms in total. The molecule has 2 fully saturated rings. The Morgan fingerprint density at radius 3 is 2.78 bits per heavy atom. The van der Waals surface area contributed by atoms with Gasteiger partial charge in [-0.05, 0) is 49.8 Å². The van der Waals surface area contributed by atoms with Gasteiger partial charge in [-0.1, -0.05) is 15.9 Å². The molecule has 0 spiro atoms. The molecule has 2 aliphatic heterocycles. The van der Waals surface area contributed by atoms with E-state index in [1.807, 2.05) is 24.4 Å². The van der Waals surface area contributed by atoms with Crippen LogP contribution >= 0.6 is 15.9 Å². The number of amides is 1. The fourth-order valence-electron chi connectivity index (χ4n) is 3.87. The van der Waals surface area contributed by atoms with Crippen molar-refractivity contribution in [2.24, 2.45) is 5.92 Å². The summed E-state index contributed by atoms with van der Waals surface area (Å²) in [6.07, 6.45) is 6.37. The molecule has 0 aliphatic carbocycles. The van der Waals surface area contributed by atoms with Gasteiger partial charge in [0.15, 0.2) is 0 Å². The van der Waals surface area contributed by atoms with Crippen molar-refractivity contribution in [3.8, 4) is 0 Å². The van der Waals surface area contributed by atoms with Crippen LogP contribution in [0.1, 0.15) is 32.1 Å². The highest BCUT2D eigenvalue weighted by Gasteiger charge is 2.24. The maximum Gasteiger partial charge on any atom is 0.225 e. The van der Waals surface area contributed by atoms with Gasteiger partial charge in [-0.2, -0.15) is 0 Å². The molecule has 1 N–H and O–H groups in total. The Bertz CT molecular complexity index is 802. The van der Waals surface area contributed by atoms with E-state index in [2.05, 4.69) is 31.1 Å². The van der Waals surface area contributed by atoms with E-state index >= 15 is 0 Å². The van der Waals surface area contributed by atoms with E-state index in [-0.39, 0.29) is 11.9 Å². The SMILES string of the molecule is O=C(CC1CCN(c2ncc3cc(Br)ccc3n2)CC1)NC1CCOCC1. The van der Waals surface area contributed by atoms with Gasteiger partial charge in [0.05, 0.1) is 5.52 Å². The van der Waals surface area contributed by atoms with Crippen molar-refractivity contribution >= 4 is 38.7 Å². The summed E-state index contributed by atoms with van der Waals surface area (Å²) in [5, 5.41) is 4.21. The Morgan fingerprint density at radius 1 is 1.22 bits per heavy atom. The molecule has 0 unspecified atom stereocenters. The number of carbonyl (C=O) groups excluding carboxylic acids is 1. The lowest BCUT2D eigenvalue weighted by Gasteiger charge is -2.32. The number of nitrogens with zero attached hydrogens (tertiary/aromatic N) is 3. The smallest absolute Gasteiger partial charge is 0.225 e. The molecule has 0 saturated carbocycles. The average Bonchev–Trinajstić information content (AvgIpc) is 2.69. The number of hydrogen-bond donors (Lipinski definition) is 1. The van der Waals surface area contributed by atoms with E-state index in [4.69, 9.17) is 9.72 Å². The van der Waals surface area contributed by atoms with Gasteiger partial charge < -0.3 is 15.0 Å². The minimum atomic E-state index is 0.188. The van der Waals surface area contributed by atoms with Crippen LogP contribution in [0.3, 0.4) is 0 Å². The van der Waals surface area contributed by atoms with Gasteiger partial charge in [0.1, 0.15) is 0 Å². The quantitative estimate of drug-likeness (QED) is 0.802. The number of rotatable bonds is 4. The summed E-state index contributed by atoms with van der Waals surface area (Å²) < 4.78 is 6.38. The number of fused-ring (bicyclic) bond motifs is 1. The fraction of sp³-hybridized carbons (Fsp3) is 0.550. The third kappa shape index (κ3) is 4.76. The number of piperidine rings is 1. The zero-order valence-electron chi connectivity index (χ0n) is 15.4. The molecule has 3 heterocycles. The standard InChI is InChI=1S/C20H25BrN4O2/c21-16-1-2-18-15(12-16)13-22-20(24-18)25-7-3-14(4-8-25)11-19(26)23-17-5-9-27-10-6-17/h1-2,12-14,17H,3-11H2,(H,23,26). The number of carbonyl (C=O) groups is 1. The molecule has 2 saturated heterocycles. The van der Waals surface area contributed by atoms with E-state index in [9.17, 15) is 4.79 Å². The van der Waals surface area contributed by atoms with Crippen LogP contribution in [-0.2, 0) is 9.53 Å². The largest absolute Gasteiger partial charge is 0.381 e. The average molecular weight is 433 g/mol. The predicted molar refractivity (Wildman–Crippen MR) is 109 cm³/mol. The molecule has 1 aromatic carbocycles. The second kappa shape index (κ2) is 8.52. The maximum atomic E-state index is 12.3. The monoisotopic (exact) mass is 432 g/mol. The number of nitrogens with one attached hydrogen (secondary N) is 1. The zero-order valence-corrected chi connectivity index (χ0v) is 17.0. The Hall–Kier alpha value is -1.73. The summed E-state index contributed by atoms with van der Waals surface area (Å²) in [5.41, 5.74) is 0.959. The van der Waals surface area contributed by atoms with Gasteiger partial charge in [0, 0.05) is 54.8 Å². The first-order valence-corrected chi connectivity index (χ1v) is 10.5. The Labute approximate surface area is 167 Å². The zero-order chi connectivity index (χ0) is 18.6. The molecular weight excluding hydrogens is 408 g/mol. The second-order valence-corrected chi connectivity index (χ2v) is 8.38. The Balaban J connectivity index is 1.29.